The number of carboxylic acid groups (broad SMARTS) is 1. The molecule has 0 bridgehead atoms. The molecule has 1 N–H and O–H groups in total. The molecule has 1 heterocycles. The fourth-order valence-electron chi connectivity index (χ4n) is 2.13. The summed E-state index contributed by atoms with van der Waals surface area (Å²) in [4.78, 5) is 24.4. The summed E-state index contributed by atoms with van der Waals surface area (Å²) >= 11 is 0. The van der Waals surface area contributed by atoms with Crippen molar-refractivity contribution in [3.63, 3.8) is 0 Å². The van der Waals surface area contributed by atoms with Crippen molar-refractivity contribution in [3.05, 3.63) is 0 Å². The number of hydrogen-bond donors (Lipinski definition) is 1. The lowest BCUT2D eigenvalue weighted by molar-refractivity contribution is -0.140. The first-order valence-electron chi connectivity index (χ1n) is 5.81. The first-order chi connectivity index (χ1) is 7.29. The molecule has 1 rings (SSSR count). The number of carbonyl (C=O) groups is 2. The second kappa shape index (κ2) is 4.85. The third-order valence-electron chi connectivity index (χ3n) is 2.79. The maximum absolute atomic E-state index is 12.0. The standard InChI is InChI=1S/C12H21NO3/c1-12(2,3)8-10(14)13-6-4-5-9(13)7-11(15)16/h9H,4-8H2,1-3H3,(H,15,16). The van der Waals surface area contributed by atoms with Gasteiger partial charge in [-0.2, -0.15) is 0 Å². The number of carboxylic acids is 1. The van der Waals surface area contributed by atoms with Gasteiger partial charge in [0.05, 0.1) is 6.42 Å². The van der Waals surface area contributed by atoms with E-state index in [1.165, 1.54) is 0 Å². The van der Waals surface area contributed by atoms with Crippen LogP contribution in [-0.4, -0.2) is 34.5 Å². The molecule has 1 amide bonds. The molecule has 0 saturated carbocycles. The quantitative estimate of drug-likeness (QED) is 0.801. The Hall–Kier alpha value is -1.06. The Morgan fingerprint density at radius 1 is 1.38 bits per heavy atom. The average Bonchev–Trinajstić information content (AvgIpc) is 2.47. The third kappa shape index (κ3) is 3.83. The largest absolute Gasteiger partial charge is 0.481 e. The van der Waals surface area contributed by atoms with Crippen molar-refractivity contribution in [3.8, 4) is 0 Å². The minimum Gasteiger partial charge on any atom is -0.481 e. The summed E-state index contributed by atoms with van der Waals surface area (Å²) in [5, 5.41) is 8.77. The lowest BCUT2D eigenvalue weighted by Gasteiger charge is -2.27. The first-order valence-corrected chi connectivity index (χ1v) is 5.81. The van der Waals surface area contributed by atoms with Gasteiger partial charge in [-0.3, -0.25) is 9.59 Å². The molecule has 0 aromatic carbocycles. The molecule has 1 unspecified atom stereocenters. The Bertz CT molecular complexity index is 280. The van der Waals surface area contributed by atoms with E-state index >= 15 is 0 Å². The van der Waals surface area contributed by atoms with Gasteiger partial charge in [0.25, 0.3) is 0 Å². The first kappa shape index (κ1) is 13.0. The van der Waals surface area contributed by atoms with Gasteiger partial charge in [0.2, 0.25) is 5.91 Å². The van der Waals surface area contributed by atoms with Crippen molar-refractivity contribution in [2.45, 2.75) is 52.5 Å². The number of rotatable bonds is 3. The molecule has 92 valence electrons. The van der Waals surface area contributed by atoms with Crippen LogP contribution in [0.1, 0.15) is 46.5 Å². The van der Waals surface area contributed by atoms with Crippen LogP contribution >= 0.6 is 0 Å². The molecule has 1 aliphatic rings. The van der Waals surface area contributed by atoms with Crippen LogP contribution in [0, 0.1) is 5.41 Å². The monoisotopic (exact) mass is 227 g/mol. The predicted molar refractivity (Wildman–Crippen MR) is 61.1 cm³/mol. The van der Waals surface area contributed by atoms with E-state index < -0.39 is 5.97 Å². The molecule has 0 radical (unpaired) electrons. The van der Waals surface area contributed by atoms with Crippen molar-refractivity contribution in [1.82, 2.24) is 4.90 Å². The van der Waals surface area contributed by atoms with Crippen LogP contribution in [0.5, 0.6) is 0 Å². The molecule has 0 aliphatic carbocycles. The fraction of sp³-hybridized carbons (Fsp3) is 0.833. The van der Waals surface area contributed by atoms with E-state index in [-0.39, 0.29) is 23.8 Å². The number of hydrogen-bond acceptors (Lipinski definition) is 2. The number of likely N-dealkylation sites (tertiary alicyclic amines) is 1. The molecule has 4 heteroatoms. The zero-order valence-electron chi connectivity index (χ0n) is 10.3. The van der Waals surface area contributed by atoms with E-state index in [0.717, 1.165) is 12.8 Å². The fourth-order valence-corrected chi connectivity index (χ4v) is 2.13. The summed E-state index contributed by atoms with van der Waals surface area (Å²) in [5.41, 5.74) is -0.0343. The minimum atomic E-state index is -0.819. The zero-order valence-corrected chi connectivity index (χ0v) is 10.3. The van der Waals surface area contributed by atoms with E-state index in [9.17, 15) is 9.59 Å². The van der Waals surface area contributed by atoms with E-state index in [0.29, 0.717) is 13.0 Å². The summed E-state index contributed by atoms with van der Waals surface area (Å²) in [7, 11) is 0. The van der Waals surface area contributed by atoms with Gasteiger partial charge in [-0.15, -0.1) is 0 Å². The van der Waals surface area contributed by atoms with E-state index in [1.54, 1.807) is 4.90 Å². The van der Waals surface area contributed by atoms with Gasteiger partial charge in [0, 0.05) is 19.0 Å². The van der Waals surface area contributed by atoms with Gasteiger partial charge < -0.3 is 10.0 Å². The van der Waals surface area contributed by atoms with Crippen LogP contribution in [0.25, 0.3) is 0 Å². The van der Waals surface area contributed by atoms with Crippen molar-refractivity contribution < 1.29 is 14.7 Å². The molecule has 16 heavy (non-hydrogen) atoms. The Morgan fingerprint density at radius 3 is 2.50 bits per heavy atom. The Kier molecular flexibility index (Phi) is 3.94. The predicted octanol–water partition coefficient (Wildman–Crippen LogP) is 1.89. The Balaban J connectivity index is 2.57. The third-order valence-corrected chi connectivity index (χ3v) is 2.79. The van der Waals surface area contributed by atoms with E-state index in [2.05, 4.69) is 0 Å². The summed E-state index contributed by atoms with van der Waals surface area (Å²) in [6, 6.07) is -0.0904. The highest BCUT2D eigenvalue weighted by molar-refractivity contribution is 5.78. The Labute approximate surface area is 96.6 Å². The van der Waals surface area contributed by atoms with Gasteiger partial charge in [0.1, 0.15) is 0 Å². The number of amides is 1. The minimum absolute atomic E-state index is 0.0343. The van der Waals surface area contributed by atoms with Crippen molar-refractivity contribution >= 4 is 11.9 Å². The summed E-state index contributed by atoms with van der Waals surface area (Å²) in [6.07, 6.45) is 2.31. The van der Waals surface area contributed by atoms with Crippen LogP contribution in [-0.2, 0) is 9.59 Å². The van der Waals surface area contributed by atoms with Gasteiger partial charge in [-0.1, -0.05) is 20.8 Å². The summed E-state index contributed by atoms with van der Waals surface area (Å²) in [6.45, 7) is 6.78. The zero-order chi connectivity index (χ0) is 12.3. The summed E-state index contributed by atoms with van der Waals surface area (Å²) < 4.78 is 0. The number of aliphatic carboxylic acids is 1. The van der Waals surface area contributed by atoms with Crippen LogP contribution in [0.2, 0.25) is 0 Å². The molecule has 1 fully saturated rings. The van der Waals surface area contributed by atoms with Crippen LogP contribution < -0.4 is 0 Å². The SMILES string of the molecule is CC(C)(C)CC(=O)N1CCCC1CC(=O)O. The molecule has 1 aliphatic heterocycles. The Morgan fingerprint density at radius 2 is 2.00 bits per heavy atom. The second-order valence-corrected chi connectivity index (χ2v) is 5.72. The van der Waals surface area contributed by atoms with E-state index in [4.69, 9.17) is 5.11 Å². The molecule has 0 aromatic heterocycles. The topological polar surface area (TPSA) is 57.6 Å². The maximum Gasteiger partial charge on any atom is 0.305 e. The number of nitrogens with zero attached hydrogens (tertiary/aromatic N) is 1. The molecule has 0 spiro atoms. The van der Waals surface area contributed by atoms with Crippen LogP contribution in [0.3, 0.4) is 0 Å². The highest BCUT2D eigenvalue weighted by atomic mass is 16.4. The highest BCUT2D eigenvalue weighted by Crippen LogP contribution is 2.25. The van der Waals surface area contributed by atoms with Gasteiger partial charge in [-0.05, 0) is 18.3 Å². The lowest BCUT2D eigenvalue weighted by atomic mass is 9.91. The van der Waals surface area contributed by atoms with Crippen molar-refractivity contribution in [2.24, 2.45) is 5.41 Å². The number of carbonyl (C=O) groups excluding carboxylic acids is 1. The molecular weight excluding hydrogens is 206 g/mol. The van der Waals surface area contributed by atoms with Gasteiger partial charge >= 0.3 is 5.97 Å². The van der Waals surface area contributed by atoms with Crippen LogP contribution in [0.15, 0.2) is 0 Å². The normalized spacial score (nSPS) is 21.2. The molecular formula is C12H21NO3. The van der Waals surface area contributed by atoms with Gasteiger partial charge in [-0.25, -0.2) is 0 Å². The van der Waals surface area contributed by atoms with E-state index in [1.807, 2.05) is 20.8 Å². The molecule has 1 saturated heterocycles. The lowest BCUT2D eigenvalue weighted by Crippen LogP contribution is -2.38. The maximum atomic E-state index is 12.0. The summed E-state index contributed by atoms with van der Waals surface area (Å²) in [5.74, 6) is -0.725. The van der Waals surface area contributed by atoms with Gasteiger partial charge in [0.15, 0.2) is 0 Å². The molecule has 4 nitrogen and oxygen atoms in total. The molecule has 1 atom stereocenters. The highest BCUT2D eigenvalue weighted by Gasteiger charge is 2.31. The average molecular weight is 227 g/mol. The second-order valence-electron chi connectivity index (χ2n) is 5.72. The smallest absolute Gasteiger partial charge is 0.305 e. The molecule has 0 aromatic rings. The van der Waals surface area contributed by atoms with Crippen molar-refractivity contribution in [1.29, 1.82) is 0 Å². The van der Waals surface area contributed by atoms with Crippen molar-refractivity contribution in [2.75, 3.05) is 6.54 Å². The van der Waals surface area contributed by atoms with Crippen LogP contribution in [0.4, 0.5) is 0 Å².